The number of aromatic nitrogens is 2. The molecule has 5 nitrogen and oxygen atoms in total. The van der Waals surface area contributed by atoms with Crippen LogP contribution in [0.4, 0.5) is 0 Å². The van der Waals surface area contributed by atoms with Gasteiger partial charge >= 0.3 is 0 Å². The fraction of sp³-hybridized carbons (Fsp3) is 0.556. The lowest BCUT2D eigenvalue weighted by Crippen LogP contribution is -2.39. The molecular formula is C9H13Cl2N3O2S. The molecule has 0 aromatic carbocycles. The van der Waals surface area contributed by atoms with Crippen molar-refractivity contribution in [1.82, 2.24) is 15.3 Å². The summed E-state index contributed by atoms with van der Waals surface area (Å²) in [4.78, 5) is 7.43. The van der Waals surface area contributed by atoms with E-state index in [1.807, 2.05) is 0 Å². The Labute approximate surface area is 111 Å². The van der Waals surface area contributed by atoms with Crippen LogP contribution in [0.1, 0.15) is 12.8 Å². The van der Waals surface area contributed by atoms with Crippen LogP contribution in [0.15, 0.2) is 17.3 Å². The van der Waals surface area contributed by atoms with E-state index < -0.39 is 15.1 Å². The minimum absolute atomic E-state index is 0. The Hall–Kier alpha value is -0.430. The smallest absolute Gasteiger partial charge is 0.223 e. The number of nitrogens with one attached hydrogen (secondary N) is 1. The molecule has 1 aromatic rings. The van der Waals surface area contributed by atoms with Crippen LogP contribution >= 0.6 is 24.0 Å². The first-order chi connectivity index (χ1) is 7.60. The second-order valence-corrected chi connectivity index (χ2v) is 6.19. The molecule has 1 aliphatic rings. The van der Waals surface area contributed by atoms with Crippen molar-refractivity contribution < 1.29 is 8.42 Å². The molecule has 0 bridgehead atoms. The summed E-state index contributed by atoms with van der Waals surface area (Å²) in [7, 11) is -3.38. The van der Waals surface area contributed by atoms with Gasteiger partial charge in [-0.25, -0.2) is 18.4 Å². The van der Waals surface area contributed by atoms with Crippen LogP contribution in [-0.2, 0) is 9.84 Å². The highest BCUT2D eigenvalue weighted by molar-refractivity contribution is 7.92. The van der Waals surface area contributed by atoms with Gasteiger partial charge < -0.3 is 5.32 Å². The summed E-state index contributed by atoms with van der Waals surface area (Å²) in [5, 5.41) is 2.64. The molecule has 1 aliphatic heterocycles. The molecule has 1 aromatic heterocycles. The van der Waals surface area contributed by atoms with E-state index in [0.717, 1.165) is 13.0 Å². The predicted molar refractivity (Wildman–Crippen MR) is 67.4 cm³/mol. The fourth-order valence-electron chi connectivity index (χ4n) is 1.73. The van der Waals surface area contributed by atoms with E-state index in [0.29, 0.717) is 13.0 Å². The lowest BCUT2D eigenvalue weighted by Gasteiger charge is -2.22. The molecule has 8 heteroatoms. The van der Waals surface area contributed by atoms with E-state index in [2.05, 4.69) is 15.3 Å². The molecule has 1 N–H and O–H groups in total. The summed E-state index contributed by atoms with van der Waals surface area (Å²) in [6.45, 7) is 1.35. The molecule has 0 spiro atoms. The topological polar surface area (TPSA) is 72.0 Å². The Kier molecular flexibility index (Phi) is 5.12. The maximum atomic E-state index is 12.2. The van der Waals surface area contributed by atoms with Crippen LogP contribution in [0, 0.1) is 0 Å². The van der Waals surface area contributed by atoms with Crippen molar-refractivity contribution in [2.75, 3.05) is 13.1 Å². The van der Waals surface area contributed by atoms with Crippen LogP contribution in [0.2, 0.25) is 5.28 Å². The van der Waals surface area contributed by atoms with E-state index in [4.69, 9.17) is 11.6 Å². The van der Waals surface area contributed by atoms with E-state index in [1.165, 1.54) is 12.3 Å². The van der Waals surface area contributed by atoms with Crippen LogP contribution in [0.25, 0.3) is 0 Å². The molecule has 1 unspecified atom stereocenters. The second kappa shape index (κ2) is 5.95. The lowest BCUT2D eigenvalue weighted by atomic mass is 10.2. The van der Waals surface area contributed by atoms with Gasteiger partial charge in [0.15, 0.2) is 14.9 Å². The molecule has 96 valence electrons. The summed E-state index contributed by atoms with van der Waals surface area (Å²) in [6, 6.07) is 1.38. The Bertz CT molecular complexity index is 475. The number of hydrogen-bond donors (Lipinski definition) is 1. The molecule has 2 rings (SSSR count). The monoisotopic (exact) mass is 297 g/mol. The van der Waals surface area contributed by atoms with Crippen molar-refractivity contribution in [1.29, 1.82) is 0 Å². The zero-order valence-electron chi connectivity index (χ0n) is 8.97. The van der Waals surface area contributed by atoms with Gasteiger partial charge in [-0.1, -0.05) is 0 Å². The fourth-order valence-corrected chi connectivity index (χ4v) is 3.55. The first-order valence-electron chi connectivity index (χ1n) is 5.04. The molecule has 0 aliphatic carbocycles. The lowest BCUT2D eigenvalue weighted by molar-refractivity contribution is 0.495. The quantitative estimate of drug-likeness (QED) is 0.653. The SMILES string of the molecule is Cl.O=S(=O)(c1ccnc(Cl)n1)C1CCCNC1. The molecule has 0 radical (unpaired) electrons. The zero-order valence-corrected chi connectivity index (χ0v) is 11.4. The molecule has 17 heavy (non-hydrogen) atoms. The standard InChI is InChI=1S/C9H12ClN3O2S.ClH/c10-9-12-5-3-8(13-9)16(14,15)7-2-1-4-11-6-7;/h3,5,7,11H,1-2,4,6H2;1H. The number of hydrogen-bond acceptors (Lipinski definition) is 5. The van der Waals surface area contributed by atoms with E-state index in [1.54, 1.807) is 0 Å². The molecule has 1 fully saturated rings. The van der Waals surface area contributed by atoms with Crippen molar-refractivity contribution >= 4 is 33.8 Å². The molecular weight excluding hydrogens is 285 g/mol. The zero-order chi connectivity index (χ0) is 11.6. The van der Waals surface area contributed by atoms with E-state index in [9.17, 15) is 8.42 Å². The number of halogens is 2. The third-order valence-electron chi connectivity index (χ3n) is 2.58. The minimum atomic E-state index is -3.38. The second-order valence-electron chi connectivity index (χ2n) is 3.68. The number of sulfone groups is 1. The normalized spacial score (nSPS) is 20.6. The van der Waals surface area contributed by atoms with Gasteiger partial charge in [-0.05, 0) is 37.1 Å². The Morgan fingerprint density at radius 2 is 2.24 bits per heavy atom. The van der Waals surface area contributed by atoms with Gasteiger partial charge in [0, 0.05) is 12.7 Å². The number of piperidine rings is 1. The summed E-state index contributed by atoms with van der Waals surface area (Å²) in [5.41, 5.74) is 0. The van der Waals surface area contributed by atoms with Gasteiger partial charge in [0.25, 0.3) is 0 Å². The first kappa shape index (κ1) is 14.6. The van der Waals surface area contributed by atoms with Gasteiger partial charge in [-0.3, -0.25) is 0 Å². The maximum Gasteiger partial charge on any atom is 0.223 e. The van der Waals surface area contributed by atoms with Crippen LogP contribution < -0.4 is 5.32 Å². The van der Waals surface area contributed by atoms with Crippen molar-refractivity contribution in [3.8, 4) is 0 Å². The average molecular weight is 298 g/mol. The Morgan fingerprint density at radius 1 is 1.47 bits per heavy atom. The van der Waals surface area contributed by atoms with Crippen LogP contribution in [0.5, 0.6) is 0 Å². The van der Waals surface area contributed by atoms with Crippen LogP contribution in [0.3, 0.4) is 0 Å². The Balaban J connectivity index is 0.00000144. The summed E-state index contributed by atoms with van der Waals surface area (Å²) in [6.07, 6.45) is 2.89. The third-order valence-corrected chi connectivity index (χ3v) is 4.86. The van der Waals surface area contributed by atoms with Crippen LogP contribution in [-0.4, -0.2) is 36.7 Å². The van der Waals surface area contributed by atoms with Crippen molar-refractivity contribution in [2.45, 2.75) is 23.1 Å². The predicted octanol–water partition coefficient (Wildman–Crippen LogP) is 1.08. The van der Waals surface area contributed by atoms with Gasteiger partial charge in [0.1, 0.15) is 0 Å². The largest absolute Gasteiger partial charge is 0.315 e. The van der Waals surface area contributed by atoms with Crippen molar-refractivity contribution in [3.05, 3.63) is 17.5 Å². The van der Waals surface area contributed by atoms with Gasteiger partial charge in [-0.2, -0.15) is 0 Å². The van der Waals surface area contributed by atoms with Crippen molar-refractivity contribution in [3.63, 3.8) is 0 Å². The van der Waals surface area contributed by atoms with Gasteiger partial charge in [0.05, 0.1) is 5.25 Å². The van der Waals surface area contributed by atoms with Gasteiger partial charge in [-0.15, -0.1) is 12.4 Å². The molecule has 0 saturated carbocycles. The molecule has 1 saturated heterocycles. The van der Waals surface area contributed by atoms with E-state index >= 15 is 0 Å². The molecule has 0 amide bonds. The number of nitrogens with zero attached hydrogens (tertiary/aromatic N) is 2. The summed E-state index contributed by atoms with van der Waals surface area (Å²) < 4.78 is 24.3. The third kappa shape index (κ3) is 3.28. The highest BCUT2D eigenvalue weighted by Gasteiger charge is 2.30. The summed E-state index contributed by atoms with van der Waals surface area (Å²) in [5.74, 6) is 0. The van der Waals surface area contributed by atoms with Gasteiger partial charge in [0.2, 0.25) is 5.28 Å². The van der Waals surface area contributed by atoms with E-state index in [-0.39, 0.29) is 22.7 Å². The number of rotatable bonds is 2. The highest BCUT2D eigenvalue weighted by atomic mass is 35.5. The maximum absolute atomic E-state index is 12.2. The average Bonchev–Trinajstić information content (AvgIpc) is 2.30. The minimum Gasteiger partial charge on any atom is -0.315 e. The summed E-state index contributed by atoms with van der Waals surface area (Å²) >= 11 is 5.59. The molecule has 1 atom stereocenters. The molecule has 2 heterocycles. The van der Waals surface area contributed by atoms with Crippen molar-refractivity contribution in [2.24, 2.45) is 0 Å². The Morgan fingerprint density at radius 3 is 2.82 bits per heavy atom. The first-order valence-corrected chi connectivity index (χ1v) is 6.96. The highest BCUT2D eigenvalue weighted by Crippen LogP contribution is 2.19.